The topological polar surface area (TPSA) is 38.3 Å². The number of hydrogen-bond donors (Lipinski definition) is 1. The number of allylic oxidation sites excluding steroid dienone is 3. The van der Waals surface area contributed by atoms with Crippen LogP contribution in [0.5, 0.6) is 0 Å². The highest BCUT2D eigenvalue weighted by Gasteiger charge is 2.18. The van der Waals surface area contributed by atoms with E-state index in [9.17, 15) is 9.18 Å². The number of halogens is 1. The largest absolute Gasteiger partial charge is 0.444 e. The average molecular weight is 213 g/mol. The van der Waals surface area contributed by atoms with Crippen molar-refractivity contribution < 1.29 is 13.9 Å². The van der Waals surface area contributed by atoms with E-state index in [1.54, 1.807) is 26.8 Å². The van der Waals surface area contributed by atoms with Crippen molar-refractivity contribution in [2.75, 3.05) is 0 Å². The SMILES string of the molecule is CC(C)(C)OC(=O)NC1=CCCC=C1F. The molecule has 1 N–H and O–H groups in total. The van der Waals surface area contributed by atoms with Crippen molar-refractivity contribution in [2.45, 2.75) is 39.2 Å². The highest BCUT2D eigenvalue weighted by atomic mass is 19.1. The van der Waals surface area contributed by atoms with Crippen LogP contribution >= 0.6 is 0 Å². The van der Waals surface area contributed by atoms with E-state index in [4.69, 9.17) is 4.74 Å². The van der Waals surface area contributed by atoms with Crippen LogP contribution in [0.4, 0.5) is 9.18 Å². The van der Waals surface area contributed by atoms with Gasteiger partial charge < -0.3 is 4.74 Å². The van der Waals surface area contributed by atoms with Crippen LogP contribution in [0.15, 0.2) is 23.7 Å². The van der Waals surface area contributed by atoms with E-state index in [0.29, 0.717) is 6.42 Å². The third-order valence-electron chi connectivity index (χ3n) is 1.73. The van der Waals surface area contributed by atoms with Gasteiger partial charge in [-0.3, -0.25) is 5.32 Å². The summed E-state index contributed by atoms with van der Waals surface area (Å²) in [5.41, 5.74) is -0.366. The van der Waals surface area contributed by atoms with E-state index >= 15 is 0 Å². The molecule has 0 radical (unpaired) electrons. The molecule has 0 saturated heterocycles. The number of carbonyl (C=O) groups is 1. The summed E-state index contributed by atoms with van der Waals surface area (Å²) >= 11 is 0. The standard InChI is InChI=1S/C11H16FNO2/c1-11(2,3)15-10(14)13-9-7-5-4-6-8(9)12/h6-7H,4-5H2,1-3H3,(H,13,14). The fourth-order valence-corrected chi connectivity index (χ4v) is 1.17. The summed E-state index contributed by atoms with van der Waals surface area (Å²) in [6, 6.07) is 0. The van der Waals surface area contributed by atoms with Crippen LogP contribution in [0.3, 0.4) is 0 Å². The number of ether oxygens (including phenoxy) is 1. The molecule has 84 valence electrons. The van der Waals surface area contributed by atoms with Crippen LogP contribution < -0.4 is 5.32 Å². The van der Waals surface area contributed by atoms with Crippen LogP contribution in [0, 0.1) is 0 Å². The zero-order chi connectivity index (χ0) is 11.5. The van der Waals surface area contributed by atoms with E-state index in [2.05, 4.69) is 5.32 Å². The zero-order valence-electron chi connectivity index (χ0n) is 9.26. The van der Waals surface area contributed by atoms with Crippen molar-refractivity contribution in [3.63, 3.8) is 0 Å². The van der Waals surface area contributed by atoms with Crippen molar-refractivity contribution >= 4 is 6.09 Å². The normalized spacial score (nSPS) is 16.5. The molecule has 0 aromatic rings. The summed E-state index contributed by atoms with van der Waals surface area (Å²) in [5, 5.41) is 2.38. The van der Waals surface area contributed by atoms with Crippen molar-refractivity contribution in [1.82, 2.24) is 5.32 Å². The van der Waals surface area contributed by atoms with Gasteiger partial charge in [-0.2, -0.15) is 0 Å². The first-order chi connectivity index (χ1) is 6.88. The molecule has 0 atom stereocenters. The highest BCUT2D eigenvalue weighted by Crippen LogP contribution is 2.18. The van der Waals surface area contributed by atoms with Crippen LogP contribution in [0.1, 0.15) is 33.6 Å². The molecule has 1 aliphatic rings. The molecule has 0 unspecified atom stereocenters. The predicted molar refractivity (Wildman–Crippen MR) is 55.9 cm³/mol. The van der Waals surface area contributed by atoms with E-state index in [1.807, 2.05) is 0 Å². The highest BCUT2D eigenvalue weighted by molar-refractivity contribution is 5.71. The van der Waals surface area contributed by atoms with Gasteiger partial charge in [-0.15, -0.1) is 0 Å². The quantitative estimate of drug-likeness (QED) is 0.727. The van der Waals surface area contributed by atoms with Gasteiger partial charge in [-0.1, -0.05) is 6.08 Å². The minimum Gasteiger partial charge on any atom is -0.444 e. The van der Waals surface area contributed by atoms with Gasteiger partial charge in [-0.05, 0) is 39.7 Å². The first kappa shape index (κ1) is 11.8. The fourth-order valence-electron chi connectivity index (χ4n) is 1.17. The van der Waals surface area contributed by atoms with Crippen molar-refractivity contribution in [3.05, 3.63) is 23.7 Å². The fraction of sp³-hybridized carbons (Fsp3) is 0.545. The maximum atomic E-state index is 13.2. The Bertz CT molecular complexity index is 313. The zero-order valence-corrected chi connectivity index (χ0v) is 9.26. The third kappa shape index (κ3) is 4.14. The molecule has 0 saturated carbocycles. The van der Waals surface area contributed by atoms with Crippen LogP contribution in [0.2, 0.25) is 0 Å². The lowest BCUT2D eigenvalue weighted by Crippen LogP contribution is -2.32. The van der Waals surface area contributed by atoms with Crippen LogP contribution in [-0.4, -0.2) is 11.7 Å². The Labute approximate surface area is 89.0 Å². The van der Waals surface area contributed by atoms with Gasteiger partial charge in [-0.25, -0.2) is 9.18 Å². The van der Waals surface area contributed by atoms with E-state index in [0.717, 1.165) is 6.42 Å². The van der Waals surface area contributed by atoms with Gasteiger partial charge in [0.05, 0.1) is 5.70 Å². The first-order valence-corrected chi connectivity index (χ1v) is 4.95. The molecule has 4 heteroatoms. The lowest BCUT2D eigenvalue weighted by Gasteiger charge is -2.20. The van der Waals surface area contributed by atoms with Gasteiger partial charge in [0.2, 0.25) is 0 Å². The molecule has 0 heterocycles. The Hall–Kier alpha value is -1.32. The van der Waals surface area contributed by atoms with Crippen molar-refractivity contribution in [3.8, 4) is 0 Å². The molecule has 1 rings (SSSR count). The lowest BCUT2D eigenvalue weighted by atomic mass is 10.1. The molecule has 1 amide bonds. The Morgan fingerprint density at radius 1 is 1.40 bits per heavy atom. The molecule has 0 aromatic heterocycles. The minimum absolute atomic E-state index is 0.204. The summed E-state index contributed by atoms with van der Waals surface area (Å²) in [6.07, 6.45) is 3.88. The van der Waals surface area contributed by atoms with Gasteiger partial charge in [0.1, 0.15) is 11.4 Å². The van der Waals surface area contributed by atoms with Crippen LogP contribution in [-0.2, 0) is 4.74 Å². The summed E-state index contributed by atoms with van der Waals surface area (Å²) in [6.45, 7) is 5.27. The number of rotatable bonds is 1. The molecule has 15 heavy (non-hydrogen) atoms. The molecule has 0 spiro atoms. The second-order valence-corrected chi connectivity index (χ2v) is 4.37. The Morgan fingerprint density at radius 3 is 2.53 bits per heavy atom. The maximum Gasteiger partial charge on any atom is 0.412 e. The second kappa shape index (κ2) is 4.47. The molecule has 0 aliphatic heterocycles. The number of amides is 1. The smallest absolute Gasteiger partial charge is 0.412 e. The van der Waals surface area contributed by atoms with Crippen molar-refractivity contribution in [2.24, 2.45) is 0 Å². The Balaban J connectivity index is 2.52. The molecule has 3 nitrogen and oxygen atoms in total. The van der Waals surface area contributed by atoms with E-state index in [1.165, 1.54) is 6.08 Å². The second-order valence-electron chi connectivity index (χ2n) is 4.37. The summed E-state index contributed by atoms with van der Waals surface area (Å²) in [5.74, 6) is -0.396. The monoisotopic (exact) mass is 213 g/mol. The van der Waals surface area contributed by atoms with Crippen LogP contribution in [0.25, 0.3) is 0 Å². The summed E-state index contributed by atoms with van der Waals surface area (Å²) in [7, 11) is 0. The van der Waals surface area contributed by atoms with Gasteiger partial charge in [0.25, 0.3) is 0 Å². The third-order valence-corrected chi connectivity index (χ3v) is 1.73. The lowest BCUT2D eigenvalue weighted by molar-refractivity contribution is 0.0545. The minimum atomic E-state index is -0.626. The number of nitrogens with one attached hydrogen (secondary N) is 1. The predicted octanol–water partition coefficient (Wildman–Crippen LogP) is 3.04. The molecule has 0 aromatic carbocycles. The molecule has 1 aliphatic carbocycles. The van der Waals surface area contributed by atoms with Gasteiger partial charge in [0.15, 0.2) is 0 Å². The van der Waals surface area contributed by atoms with E-state index in [-0.39, 0.29) is 5.70 Å². The maximum absolute atomic E-state index is 13.2. The first-order valence-electron chi connectivity index (χ1n) is 4.95. The summed E-state index contributed by atoms with van der Waals surface area (Å²) < 4.78 is 18.2. The molecular formula is C11H16FNO2. The number of alkyl carbamates (subject to hydrolysis) is 1. The summed E-state index contributed by atoms with van der Waals surface area (Å²) in [4.78, 5) is 11.3. The van der Waals surface area contributed by atoms with Gasteiger partial charge >= 0.3 is 6.09 Å². The number of carbonyl (C=O) groups excluding carboxylic acids is 1. The van der Waals surface area contributed by atoms with Crippen molar-refractivity contribution in [1.29, 1.82) is 0 Å². The van der Waals surface area contributed by atoms with Gasteiger partial charge in [0, 0.05) is 0 Å². The average Bonchev–Trinajstić information content (AvgIpc) is 2.05. The molecular weight excluding hydrogens is 197 g/mol. The Morgan fingerprint density at radius 2 is 2.00 bits per heavy atom. The Kier molecular flexibility index (Phi) is 3.50. The van der Waals surface area contributed by atoms with E-state index < -0.39 is 17.5 Å². The molecule has 0 bridgehead atoms. The number of hydrogen-bond acceptors (Lipinski definition) is 2. The molecule has 0 fully saturated rings.